The van der Waals surface area contributed by atoms with E-state index in [2.05, 4.69) is 54.8 Å². The molecule has 0 fully saturated rings. The first kappa shape index (κ1) is 16.7. The van der Waals surface area contributed by atoms with Crippen LogP contribution < -0.4 is 9.47 Å². The molecule has 0 aliphatic carbocycles. The number of ether oxygens (including phenoxy) is 2. The number of nitrogens with zero attached hydrogens (tertiary/aromatic N) is 3. The summed E-state index contributed by atoms with van der Waals surface area (Å²) in [6, 6.07) is 8.41. The maximum absolute atomic E-state index is 5.69. The second-order valence-electron chi connectivity index (χ2n) is 6.56. The van der Waals surface area contributed by atoms with Crippen molar-refractivity contribution in [3.63, 3.8) is 0 Å². The van der Waals surface area contributed by atoms with Gasteiger partial charge in [-0.15, -0.1) is 0 Å². The Morgan fingerprint density at radius 3 is 2.58 bits per heavy atom. The average molecular weight is 327 g/mol. The van der Waals surface area contributed by atoms with Crippen molar-refractivity contribution in [3.05, 3.63) is 47.5 Å². The van der Waals surface area contributed by atoms with Crippen molar-refractivity contribution in [1.82, 2.24) is 14.9 Å². The van der Waals surface area contributed by atoms with Crippen LogP contribution in [0, 0.1) is 0 Å². The molecule has 0 N–H and O–H groups in total. The van der Waals surface area contributed by atoms with E-state index in [1.54, 1.807) is 0 Å². The first-order valence-corrected chi connectivity index (χ1v) is 8.46. The van der Waals surface area contributed by atoms with Crippen molar-refractivity contribution >= 4 is 0 Å². The molecule has 0 saturated carbocycles. The topological polar surface area (TPSA) is 47.5 Å². The van der Waals surface area contributed by atoms with E-state index < -0.39 is 0 Å². The van der Waals surface area contributed by atoms with E-state index in [1.807, 2.05) is 18.3 Å². The third-order valence-corrected chi connectivity index (χ3v) is 4.37. The highest BCUT2D eigenvalue weighted by atomic mass is 16.6. The molecule has 0 spiro atoms. The highest BCUT2D eigenvalue weighted by Gasteiger charge is 2.17. The summed E-state index contributed by atoms with van der Waals surface area (Å²) in [5.41, 5.74) is 2.25. The summed E-state index contributed by atoms with van der Waals surface area (Å²) in [6.45, 7) is 8.42. The van der Waals surface area contributed by atoms with Crippen LogP contribution in [-0.4, -0.2) is 35.1 Å². The predicted molar refractivity (Wildman–Crippen MR) is 93.4 cm³/mol. The molecule has 3 rings (SSSR count). The molecule has 5 nitrogen and oxygen atoms in total. The SMILES string of the molecule is CC(C)c1nccc(CN(C)[C@H](C)c2ccc3c(c2)OCCO3)n1. The van der Waals surface area contributed by atoms with E-state index in [0.29, 0.717) is 19.1 Å². The zero-order valence-electron chi connectivity index (χ0n) is 14.8. The molecule has 128 valence electrons. The first-order valence-electron chi connectivity index (χ1n) is 8.46. The van der Waals surface area contributed by atoms with Crippen molar-refractivity contribution in [3.8, 4) is 11.5 Å². The number of hydrogen-bond donors (Lipinski definition) is 0. The highest BCUT2D eigenvalue weighted by Crippen LogP contribution is 2.33. The second-order valence-corrected chi connectivity index (χ2v) is 6.56. The van der Waals surface area contributed by atoms with Crippen LogP contribution in [0.15, 0.2) is 30.5 Å². The lowest BCUT2D eigenvalue weighted by molar-refractivity contribution is 0.170. The monoisotopic (exact) mass is 327 g/mol. The van der Waals surface area contributed by atoms with Gasteiger partial charge in [0, 0.05) is 24.7 Å². The normalized spacial score (nSPS) is 14.9. The van der Waals surface area contributed by atoms with E-state index in [0.717, 1.165) is 29.6 Å². The summed E-state index contributed by atoms with van der Waals surface area (Å²) < 4.78 is 11.3. The van der Waals surface area contributed by atoms with Crippen LogP contribution in [0.1, 0.15) is 49.8 Å². The molecule has 1 aromatic carbocycles. The van der Waals surface area contributed by atoms with Gasteiger partial charge < -0.3 is 9.47 Å². The van der Waals surface area contributed by atoms with Crippen LogP contribution in [0.3, 0.4) is 0 Å². The van der Waals surface area contributed by atoms with Gasteiger partial charge in [0.1, 0.15) is 19.0 Å². The molecule has 2 heterocycles. The molecule has 0 unspecified atom stereocenters. The number of aromatic nitrogens is 2. The Balaban J connectivity index is 1.72. The Bertz CT molecular complexity index is 703. The van der Waals surface area contributed by atoms with Crippen LogP contribution in [0.2, 0.25) is 0 Å². The summed E-state index contributed by atoms with van der Waals surface area (Å²) in [5.74, 6) is 2.90. The minimum absolute atomic E-state index is 0.248. The van der Waals surface area contributed by atoms with Crippen LogP contribution in [0.25, 0.3) is 0 Å². The fourth-order valence-electron chi connectivity index (χ4n) is 2.75. The lowest BCUT2D eigenvalue weighted by Gasteiger charge is -2.26. The van der Waals surface area contributed by atoms with Crippen molar-refractivity contribution in [2.75, 3.05) is 20.3 Å². The van der Waals surface area contributed by atoms with E-state index in [9.17, 15) is 0 Å². The van der Waals surface area contributed by atoms with Gasteiger partial charge in [-0.25, -0.2) is 9.97 Å². The molecule has 0 radical (unpaired) electrons. The van der Waals surface area contributed by atoms with Gasteiger partial charge in [0.05, 0.1) is 5.69 Å². The minimum atomic E-state index is 0.248. The second kappa shape index (κ2) is 7.18. The van der Waals surface area contributed by atoms with Gasteiger partial charge in [-0.05, 0) is 37.7 Å². The molecular weight excluding hydrogens is 302 g/mol. The number of rotatable bonds is 5. The molecule has 24 heavy (non-hydrogen) atoms. The van der Waals surface area contributed by atoms with Gasteiger partial charge in [-0.1, -0.05) is 19.9 Å². The Kier molecular flexibility index (Phi) is 5.00. The number of hydrogen-bond acceptors (Lipinski definition) is 5. The molecular formula is C19H25N3O2. The van der Waals surface area contributed by atoms with E-state index >= 15 is 0 Å². The van der Waals surface area contributed by atoms with Crippen LogP contribution in [-0.2, 0) is 6.54 Å². The Hall–Kier alpha value is -2.14. The maximum Gasteiger partial charge on any atom is 0.161 e. The summed E-state index contributed by atoms with van der Waals surface area (Å²) in [5, 5.41) is 0. The third kappa shape index (κ3) is 3.67. The summed E-state index contributed by atoms with van der Waals surface area (Å²) in [7, 11) is 2.11. The fourth-order valence-corrected chi connectivity index (χ4v) is 2.75. The van der Waals surface area contributed by atoms with Crippen LogP contribution in [0.5, 0.6) is 11.5 Å². The van der Waals surface area contributed by atoms with Crippen molar-refractivity contribution in [1.29, 1.82) is 0 Å². The summed E-state index contributed by atoms with van der Waals surface area (Å²) in [6.07, 6.45) is 1.85. The Labute approximate surface area is 143 Å². The standard InChI is InChI=1S/C19H25N3O2/c1-13(2)19-20-8-7-16(21-19)12-22(4)14(3)15-5-6-17-18(11-15)24-10-9-23-17/h5-8,11,13-14H,9-10,12H2,1-4H3/t14-/m1/s1. The first-order chi connectivity index (χ1) is 11.5. The maximum atomic E-state index is 5.69. The third-order valence-electron chi connectivity index (χ3n) is 4.37. The van der Waals surface area contributed by atoms with Crippen LogP contribution in [0.4, 0.5) is 0 Å². The minimum Gasteiger partial charge on any atom is -0.486 e. The summed E-state index contributed by atoms with van der Waals surface area (Å²) >= 11 is 0. The summed E-state index contributed by atoms with van der Waals surface area (Å²) in [4.78, 5) is 11.3. The fraction of sp³-hybridized carbons (Fsp3) is 0.474. The zero-order valence-corrected chi connectivity index (χ0v) is 14.8. The lowest BCUT2D eigenvalue weighted by atomic mass is 10.1. The Morgan fingerprint density at radius 1 is 1.08 bits per heavy atom. The van der Waals surface area contributed by atoms with Gasteiger partial charge in [0.25, 0.3) is 0 Å². The van der Waals surface area contributed by atoms with Crippen molar-refractivity contribution < 1.29 is 9.47 Å². The largest absolute Gasteiger partial charge is 0.486 e. The molecule has 1 aliphatic rings. The average Bonchev–Trinajstić information content (AvgIpc) is 2.60. The number of fused-ring (bicyclic) bond motifs is 1. The molecule has 0 amide bonds. The molecule has 2 aromatic rings. The van der Waals surface area contributed by atoms with Gasteiger partial charge in [0.2, 0.25) is 0 Å². The molecule has 5 heteroatoms. The molecule has 0 saturated heterocycles. The molecule has 1 atom stereocenters. The number of benzene rings is 1. The van der Waals surface area contributed by atoms with Gasteiger partial charge in [-0.2, -0.15) is 0 Å². The van der Waals surface area contributed by atoms with E-state index in [4.69, 9.17) is 9.47 Å². The van der Waals surface area contributed by atoms with Gasteiger partial charge in [0.15, 0.2) is 11.5 Å². The molecule has 0 bridgehead atoms. The van der Waals surface area contributed by atoms with Crippen molar-refractivity contribution in [2.45, 2.75) is 39.3 Å². The Morgan fingerprint density at radius 2 is 1.83 bits per heavy atom. The lowest BCUT2D eigenvalue weighted by Crippen LogP contribution is -2.23. The van der Waals surface area contributed by atoms with Crippen molar-refractivity contribution in [2.24, 2.45) is 0 Å². The van der Waals surface area contributed by atoms with E-state index in [1.165, 1.54) is 5.56 Å². The predicted octanol–water partition coefficient (Wildman–Crippen LogP) is 3.56. The van der Waals surface area contributed by atoms with Crippen LogP contribution >= 0.6 is 0 Å². The highest BCUT2D eigenvalue weighted by molar-refractivity contribution is 5.44. The quantitative estimate of drug-likeness (QED) is 0.840. The zero-order chi connectivity index (χ0) is 17.1. The van der Waals surface area contributed by atoms with Gasteiger partial charge >= 0.3 is 0 Å². The smallest absolute Gasteiger partial charge is 0.161 e. The molecule has 1 aromatic heterocycles. The van der Waals surface area contributed by atoms with E-state index in [-0.39, 0.29) is 6.04 Å². The van der Waals surface area contributed by atoms with Gasteiger partial charge in [-0.3, -0.25) is 4.90 Å². The molecule has 1 aliphatic heterocycles.